The second-order valence-corrected chi connectivity index (χ2v) is 6.71. The van der Waals surface area contributed by atoms with E-state index in [1.807, 2.05) is 6.20 Å². The van der Waals surface area contributed by atoms with E-state index < -0.39 is 0 Å². The van der Waals surface area contributed by atoms with Crippen LogP contribution in [0.3, 0.4) is 0 Å². The minimum Gasteiger partial charge on any atom is -0.361 e. The molecule has 0 radical (unpaired) electrons. The summed E-state index contributed by atoms with van der Waals surface area (Å²) >= 11 is 1.73. The summed E-state index contributed by atoms with van der Waals surface area (Å²) in [7, 11) is 0. The Morgan fingerprint density at radius 2 is 2.24 bits per heavy atom. The third-order valence-corrected chi connectivity index (χ3v) is 5.36. The van der Waals surface area contributed by atoms with Crippen molar-refractivity contribution in [2.24, 2.45) is 0 Å². The van der Waals surface area contributed by atoms with Gasteiger partial charge in [-0.15, -0.1) is 11.3 Å². The van der Waals surface area contributed by atoms with Crippen LogP contribution in [0, 0.1) is 13.8 Å². The molecule has 0 saturated carbocycles. The standard InChI is InChI=1S/C15H17N5S/c1-9-10(2)21-15-13(9)14(16-8-17-15)19-11-4-3-7-20-12(11)5-6-18-20/h5-6,8,11H,3-4,7H2,1-2H3,(H,16,17,19). The van der Waals surface area contributed by atoms with Gasteiger partial charge in [0.25, 0.3) is 0 Å². The highest BCUT2D eigenvalue weighted by Gasteiger charge is 2.22. The molecule has 1 atom stereocenters. The Balaban J connectivity index is 1.76. The highest BCUT2D eigenvalue weighted by atomic mass is 32.1. The third kappa shape index (κ3) is 2.01. The van der Waals surface area contributed by atoms with E-state index in [1.54, 1.807) is 17.7 Å². The molecule has 3 aromatic rings. The van der Waals surface area contributed by atoms with Crippen LogP contribution >= 0.6 is 11.3 Å². The van der Waals surface area contributed by atoms with Crippen LogP contribution in [-0.2, 0) is 6.54 Å². The summed E-state index contributed by atoms with van der Waals surface area (Å²) in [6.07, 6.45) is 5.78. The van der Waals surface area contributed by atoms with Crippen molar-refractivity contribution >= 4 is 27.4 Å². The van der Waals surface area contributed by atoms with Crippen molar-refractivity contribution in [3.05, 3.63) is 34.7 Å². The van der Waals surface area contributed by atoms with Crippen molar-refractivity contribution in [3.8, 4) is 0 Å². The predicted octanol–water partition coefficient (Wildman–Crippen LogP) is 3.45. The van der Waals surface area contributed by atoms with E-state index in [-0.39, 0.29) is 6.04 Å². The SMILES string of the molecule is Cc1sc2ncnc(NC3CCCn4nccc43)c2c1C. The van der Waals surface area contributed by atoms with E-state index in [0.717, 1.165) is 35.4 Å². The van der Waals surface area contributed by atoms with Gasteiger partial charge < -0.3 is 5.32 Å². The molecule has 1 aliphatic rings. The van der Waals surface area contributed by atoms with Gasteiger partial charge in [-0.3, -0.25) is 4.68 Å². The van der Waals surface area contributed by atoms with Crippen LogP contribution in [0.2, 0.25) is 0 Å². The summed E-state index contributed by atoms with van der Waals surface area (Å²) in [5, 5.41) is 9.16. The lowest BCUT2D eigenvalue weighted by molar-refractivity contribution is 0.445. The Morgan fingerprint density at radius 3 is 3.14 bits per heavy atom. The number of anilines is 1. The number of fused-ring (bicyclic) bond motifs is 2. The molecule has 0 bridgehead atoms. The quantitative estimate of drug-likeness (QED) is 0.787. The third-order valence-electron chi connectivity index (χ3n) is 4.25. The van der Waals surface area contributed by atoms with Gasteiger partial charge in [0.05, 0.1) is 17.1 Å². The Labute approximate surface area is 127 Å². The van der Waals surface area contributed by atoms with Gasteiger partial charge >= 0.3 is 0 Å². The average Bonchev–Trinajstić information content (AvgIpc) is 3.06. The first-order valence-corrected chi connectivity index (χ1v) is 8.04. The highest BCUT2D eigenvalue weighted by Crippen LogP contribution is 2.35. The molecule has 0 fully saturated rings. The fraction of sp³-hybridized carbons (Fsp3) is 0.400. The number of aryl methyl sites for hydroxylation is 3. The molecule has 108 valence electrons. The molecule has 5 nitrogen and oxygen atoms in total. The summed E-state index contributed by atoms with van der Waals surface area (Å²) < 4.78 is 2.09. The van der Waals surface area contributed by atoms with E-state index in [0.29, 0.717) is 0 Å². The molecule has 0 aromatic carbocycles. The molecule has 1 aliphatic heterocycles. The van der Waals surface area contributed by atoms with Crippen LogP contribution in [0.4, 0.5) is 5.82 Å². The lowest BCUT2D eigenvalue weighted by Gasteiger charge is -2.25. The molecule has 3 aromatic heterocycles. The van der Waals surface area contributed by atoms with Gasteiger partial charge in [0.1, 0.15) is 17.0 Å². The number of nitrogens with zero attached hydrogens (tertiary/aromatic N) is 4. The minimum atomic E-state index is 0.277. The number of hydrogen-bond donors (Lipinski definition) is 1. The van der Waals surface area contributed by atoms with Crippen molar-refractivity contribution in [3.63, 3.8) is 0 Å². The van der Waals surface area contributed by atoms with Gasteiger partial charge in [-0.25, -0.2) is 9.97 Å². The maximum absolute atomic E-state index is 4.49. The van der Waals surface area contributed by atoms with Crippen LogP contribution in [0.1, 0.15) is 35.0 Å². The van der Waals surface area contributed by atoms with Gasteiger partial charge in [-0.1, -0.05) is 0 Å². The minimum absolute atomic E-state index is 0.277. The van der Waals surface area contributed by atoms with Crippen molar-refractivity contribution in [1.29, 1.82) is 0 Å². The largest absolute Gasteiger partial charge is 0.361 e. The van der Waals surface area contributed by atoms with E-state index in [2.05, 4.69) is 45.0 Å². The fourth-order valence-corrected chi connectivity index (χ4v) is 4.02. The van der Waals surface area contributed by atoms with Crippen LogP contribution in [-0.4, -0.2) is 19.7 Å². The summed E-state index contributed by atoms with van der Waals surface area (Å²) in [6.45, 7) is 5.30. The Hall–Kier alpha value is -1.95. The lowest BCUT2D eigenvalue weighted by atomic mass is 10.0. The average molecular weight is 299 g/mol. The van der Waals surface area contributed by atoms with Crippen LogP contribution < -0.4 is 5.32 Å². The van der Waals surface area contributed by atoms with Crippen LogP contribution in [0.5, 0.6) is 0 Å². The summed E-state index contributed by atoms with van der Waals surface area (Å²) in [5.41, 5.74) is 2.53. The first-order valence-electron chi connectivity index (χ1n) is 7.23. The van der Waals surface area contributed by atoms with Crippen LogP contribution in [0.25, 0.3) is 10.2 Å². The molecular weight excluding hydrogens is 282 g/mol. The summed E-state index contributed by atoms with van der Waals surface area (Å²) in [5.74, 6) is 0.946. The van der Waals surface area contributed by atoms with Gasteiger partial charge in [-0.05, 0) is 38.3 Å². The smallest absolute Gasteiger partial charge is 0.138 e. The van der Waals surface area contributed by atoms with E-state index in [1.165, 1.54) is 16.1 Å². The maximum Gasteiger partial charge on any atom is 0.138 e. The zero-order valence-electron chi connectivity index (χ0n) is 12.1. The number of thiophene rings is 1. The summed E-state index contributed by atoms with van der Waals surface area (Å²) in [6, 6.07) is 2.37. The first kappa shape index (κ1) is 12.8. The van der Waals surface area contributed by atoms with Crippen molar-refractivity contribution in [2.75, 3.05) is 5.32 Å². The van der Waals surface area contributed by atoms with Gasteiger partial charge in [0, 0.05) is 17.6 Å². The predicted molar refractivity (Wildman–Crippen MR) is 84.7 cm³/mol. The molecule has 1 N–H and O–H groups in total. The molecule has 0 amide bonds. The topological polar surface area (TPSA) is 55.6 Å². The number of rotatable bonds is 2. The van der Waals surface area contributed by atoms with Gasteiger partial charge in [0.2, 0.25) is 0 Å². The normalized spacial score (nSPS) is 17.9. The summed E-state index contributed by atoms with van der Waals surface area (Å²) in [4.78, 5) is 11.3. The maximum atomic E-state index is 4.49. The highest BCUT2D eigenvalue weighted by molar-refractivity contribution is 7.18. The molecule has 4 heterocycles. The van der Waals surface area contributed by atoms with E-state index in [4.69, 9.17) is 0 Å². The second kappa shape index (κ2) is 4.80. The fourth-order valence-electron chi connectivity index (χ4n) is 3.02. The number of nitrogens with one attached hydrogen (secondary N) is 1. The Morgan fingerprint density at radius 1 is 1.33 bits per heavy atom. The van der Waals surface area contributed by atoms with Crippen molar-refractivity contribution < 1.29 is 0 Å². The van der Waals surface area contributed by atoms with Crippen molar-refractivity contribution in [2.45, 2.75) is 39.3 Å². The molecule has 0 saturated heterocycles. The zero-order chi connectivity index (χ0) is 14.4. The van der Waals surface area contributed by atoms with E-state index >= 15 is 0 Å². The Kier molecular flexibility index (Phi) is 2.92. The van der Waals surface area contributed by atoms with Crippen molar-refractivity contribution in [1.82, 2.24) is 19.7 Å². The molecule has 0 aliphatic carbocycles. The molecule has 4 rings (SSSR count). The van der Waals surface area contributed by atoms with Crippen LogP contribution in [0.15, 0.2) is 18.6 Å². The molecule has 21 heavy (non-hydrogen) atoms. The molecule has 0 spiro atoms. The number of aromatic nitrogens is 4. The van der Waals surface area contributed by atoms with E-state index in [9.17, 15) is 0 Å². The Bertz CT molecular complexity index is 804. The first-order chi connectivity index (χ1) is 10.2. The monoisotopic (exact) mass is 299 g/mol. The lowest BCUT2D eigenvalue weighted by Crippen LogP contribution is -2.22. The van der Waals surface area contributed by atoms with Gasteiger partial charge in [-0.2, -0.15) is 5.10 Å². The molecule has 6 heteroatoms. The second-order valence-electron chi connectivity index (χ2n) is 5.50. The molecule has 1 unspecified atom stereocenters. The number of hydrogen-bond acceptors (Lipinski definition) is 5. The molecular formula is C15H17N5S. The zero-order valence-corrected chi connectivity index (χ0v) is 12.9. The van der Waals surface area contributed by atoms with Gasteiger partial charge in [0.15, 0.2) is 0 Å².